The summed E-state index contributed by atoms with van der Waals surface area (Å²) in [5.41, 5.74) is 3.77. The maximum absolute atomic E-state index is 13.2. The molecule has 0 spiro atoms. The minimum Gasteiger partial charge on any atom is -0.452 e. The molecule has 43 heavy (non-hydrogen) atoms. The molecule has 0 aliphatic heterocycles. The molecule has 0 aliphatic rings. The predicted molar refractivity (Wildman–Crippen MR) is 171 cm³/mol. The summed E-state index contributed by atoms with van der Waals surface area (Å²) in [7, 11) is 0. The number of nitrogens with zero attached hydrogens (tertiary/aromatic N) is 1. The summed E-state index contributed by atoms with van der Waals surface area (Å²) in [6.07, 6.45) is 3.20. The SMILES string of the molecule is CCCCc1cccc2c1ccc1cc(-c3cc4oc(-c5cc6ccc(N(CC)CC)cc6oc5=O)cc4o3)c(=O)oc12. The summed E-state index contributed by atoms with van der Waals surface area (Å²) in [5, 5.41) is 3.62. The molecule has 4 heterocycles. The molecule has 0 bridgehead atoms. The fraction of sp³-hybridized carbons (Fsp3) is 0.222. The second-order valence-corrected chi connectivity index (χ2v) is 10.8. The zero-order chi connectivity index (χ0) is 29.7. The Kier molecular flexibility index (Phi) is 6.65. The largest absolute Gasteiger partial charge is 0.452 e. The van der Waals surface area contributed by atoms with Crippen molar-refractivity contribution in [2.45, 2.75) is 40.0 Å². The molecule has 7 aromatic rings. The number of hydrogen-bond donors (Lipinski definition) is 0. The van der Waals surface area contributed by atoms with Gasteiger partial charge >= 0.3 is 11.3 Å². The van der Waals surface area contributed by atoms with Gasteiger partial charge in [0.1, 0.15) is 33.8 Å². The zero-order valence-corrected chi connectivity index (χ0v) is 24.4. The van der Waals surface area contributed by atoms with E-state index < -0.39 is 11.3 Å². The quantitative estimate of drug-likeness (QED) is 0.132. The van der Waals surface area contributed by atoms with Crippen molar-refractivity contribution in [2.75, 3.05) is 18.0 Å². The maximum Gasteiger partial charge on any atom is 0.347 e. The van der Waals surface area contributed by atoms with Crippen LogP contribution in [-0.4, -0.2) is 13.1 Å². The number of fused-ring (bicyclic) bond motifs is 5. The summed E-state index contributed by atoms with van der Waals surface area (Å²) in [4.78, 5) is 28.3. The van der Waals surface area contributed by atoms with Crippen LogP contribution in [0, 0.1) is 0 Å². The molecule has 0 amide bonds. The monoisotopic (exact) mass is 573 g/mol. The first kappa shape index (κ1) is 26.8. The molecule has 0 unspecified atom stereocenters. The lowest BCUT2D eigenvalue weighted by atomic mass is 9.98. The lowest BCUT2D eigenvalue weighted by Crippen LogP contribution is -2.21. The molecular weight excluding hydrogens is 542 g/mol. The van der Waals surface area contributed by atoms with E-state index in [0.29, 0.717) is 45.0 Å². The van der Waals surface area contributed by atoms with Crippen LogP contribution in [0.15, 0.2) is 100 Å². The lowest BCUT2D eigenvalue weighted by Gasteiger charge is -2.20. The van der Waals surface area contributed by atoms with E-state index in [1.807, 2.05) is 36.4 Å². The topological polar surface area (TPSA) is 89.9 Å². The summed E-state index contributed by atoms with van der Waals surface area (Å²) in [6, 6.07) is 22.9. The molecule has 0 radical (unpaired) electrons. The maximum atomic E-state index is 13.2. The summed E-state index contributed by atoms with van der Waals surface area (Å²) < 4.78 is 23.6. The van der Waals surface area contributed by atoms with Crippen LogP contribution in [0.3, 0.4) is 0 Å². The normalized spacial score (nSPS) is 11.8. The van der Waals surface area contributed by atoms with Crippen LogP contribution in [0.4, 0.5) is 5.69 Å². The molecule has 0 saturated carbocycles. The van der Waals surface area contributed by atoms with Gasteiger partial charge in [0, 0.05) is 53.1 Å². The number of furan rings is 2. The van der Waals surface area contributed by atoms with Crippen molar-refractivity contribution in [3.05, 3.63) is 99.2 Å². The smallest absolute Gasteiger partial charge is 0.347 e. The standard InChI is InChI=1S/C36H31NO6/c1-4-7-9-21-10-8-11-26-25(21)15-13-23-17-28(36(39)43-34(23)26)31-20-33-32(41-31)19-30(40-33)27-16-22-12-14-24(37(5-2)6-3)18-29(22)42-35(27)38/h8,10-20H,4-7,9H2,1-3H3. The van der Waals surface area contributed by atoms with Crippen LogP contribution in [0.5, 0.6) is 0 Å². The number of anilines is 1. The number of unbranched alkanes of at least 4 members (excludes halogenated alkanes) is 1. The van der Waals surface area contributed by atoms with Gasteiger partial charge in [-0.1, -0.05) is 43.7 Å². The molecule has 0 saturated heterocycles. The van der Waals surface area contributed by atoms with Crippen LogP contribution in [-0.2, 0) is 6.42 Å². The third-order valence-electron chi connectivity index (χ3n) is 8.23. The third kappa shape index (κ3) is 4.61. The minimum absolute atomic E-state index is 0.298. The van der Waals surface area contributed by atoms with Crippen molar-refractivity contribution in [1.29, 1.82) is 0 Å². The molecule has 216 valence electrons. The third-order valence-corrected chi connectivity index (χ3v) is 8.23. The fourth-order valence-corrected chi connectivity index (χ4v) is 5.92. The van der Waals surface area contributed by atoms with Gasteiger partial charge in [-0.25, -0.2) is 9.59 Å². The molecule has 3 aromatic carbocycles. The van der Waals surface area contributed by atoms with Crippen molar-refractivity contribution in [1.82, 2.24) is 0 Å². The van der Waals surface area contributed by atoms with Gasteiger partial charge in [0.25, 0.3) is 0 Å². The van der Waals surface area contributed by atoms with Crippen LogP contribution in [0.1, 0.15) is 39.2 Å². The Morgan fingerprint density at radius 1 is 0.628 bits per heavy atom. The second kappa shape index (κ2) is 10.7. The molecular formula is C36H31NO6. The van der Waals surface area contributed by atoms with E-state index in [9.17, 15) is 9.59 Å². The average Bonchev–Trinajstić information content (AvgIpc) is 3.59. The molecule has 0 aliphatic carbocycles. The minimum atomic E-state index is -0.499. The first-order chi connectivity index (χ1) is 21.0. The molecule has 4 aromatic heterocycles. The molecule has 0 atom stereocenters. The van der Waals surface area contributed by atoms with Crippen LogP contribution < -0.4 is 16.2 Å². The summed E-state index contributed by atoms with van der Waals surface area (Å²) in [5.74, 6) is 0.668. The highest BCUT2D eigenvalue weighted by molar-refractivity contribution is 6.06. The molecule has 0 N–H and O–H groups in total. The number of hydrogen-bond acceptors (Lipinski definition) is 7. The van der Waals surface area contributed by atoms with E-state index in [-0.39, 0.29) is 0 Å². The Morgan fingerprint density at radius 3 is 2.00 bits per heavy atom. The van der Waals surface area contributed by atoms with Gasteiger partial charge < -0.3 is 22.6 Å². The number of benzene rings is 3. The van der Waals surface area contributed by atoms with Crippen LogP contribution in [0.25, 0.3) is 66.5 Å². The Morgan fingerprint density at radius 2 is 1.30 bits per heavy atom. The second-order valence-electron chi connectivity index (χ2n) is 10.8. The Balaban J connectivity index is 1.24. The highest BCUT2D eigenvalue weighted by Crippen LogP contribution is 2.35. The van der Waals surface area contributed by atoms with Crippen LogP contribution >= 0.6 is 0 Å². The van der Waals surface area contributed by atoms with Gasteiger partial charge in [-0.15, -0.1) is 0 Å². The number of rotatable bonds is 8. The van der Waals surface area contributed by atoms with E-state index in [1.54, 1.807) is 24.3 Å². The summed E-state index contributed by atoms with van der Waals surface area (Å²) >= 11 is 0. The van der Waals surface area contributed by atoms with Crippen molar-refractivity contribution in [2.24, 2.45) is 0 Å². The fourth-order valence-electron chi connectivity index (χ4n) is 5.92. The highest BCUT2D eigenvalue weighted by atomic mass is 16.4. The van der Waals surface area contributed by atoms with Crippen molar-refractivity contribution in [3.8, 4) is 22.6 Å². The molecule has 0 fully saturated rings. The lowest BCUT2D eigenvalue weighted by molar-refractivity contribution is 0.555. The van der Waals surface area contributed by atoms with Crippen LogP contribution in [0.2, 0.25) is 0 Å². The van der Waals surface area contributed by atoms with Crippen molar-refractivity contribution < 1.29 is 17.7 Å². The molecule has 7 heteroatoms. The first-order valence-electron chi connectivity index (χ1n) is 14.8. The van der Waals surface area contributed by atoms with Gasteiger partial charge in [-0.3, -0.25) is 0 Å². The Labute approximate surface area is 246 Å². The predicted octanol–water partition coefficient (Wildman–Crippen LogP) is 8.91. The van der Waals surface area contributed by atoms with E-state index in [2.05, 4.69) is 37.8 Å². The van der Waals surface area contributed by atoms with Gasteiger partial charge in [0.2, 0.25) is 0 Å². The van der Waals surface area contributed by atoms with E-state index >= 15 is 0 Å². The van der Waals surface area contributed by atoms with E-state index in [4.69, 9.17) is 17.7 Å². The highest BCUT2D eigenvalue weighted by Gasteiger charge is 2.20. The average molecular weight is 574 g/mol. The van der Waals surface area contributed by atoms with Gasteiger partial charge in [-0.2, -0.15) is 0 Å². The molecule has 7 nitrogen and oxygen atoms in total. The van der Waals surface area contributed by atoms with Crippen molar-refractivity contribution >= 4 is 49.6 Å². The van der Waals surface area contributed by atoms with Gasteiger partial charge in [0.15, 0.2) is 11.2 Å². The van der Waals surface area contributed by atoms with E-state index in [1.165, 1.54) is 5.56 Å². The van der Waals surface area contributed by atoms with Gasteiger partial charge in [0.05, 0.1) is 0 Å². The van der Waals surface area contributed by atoms with E-state index in [0.717, 1.165) is 59.6 Å². The first-order valence-corrected chi connectivity index (χ1v) is 14.8. The number of aryl methyl sites for hydroxylation is 1. The zero-order valence-electron chi connectivity index (χ0n) is 24.4. The summed E-state index contributed by atoms with van der Waals surface area (Å²) in [6.45, 7) is 8.06. The van der Waals surface area contributed by atoms with Crippen molar-refractivity contribution in [3.63, 3.8) is 0 Å². The Bertz CT molecular complexity index is 2230. The molecule has 7 rings (SSSR count). The van der Waals surface area contributed by atoms with Gasteiger partial charge in [-0.05, 0) is 61.9 Å². The Hall–Kier alpha value is -5.04.